The van der Waals surface area contributed by atoms with Crippen LogP contribution in [0.3, 0.4) is 0 Å². The summed E-state index contributed by atoms with van der Waals surface area (Å²) in [7, 11) is 3.70. The van der Waals surface area contributed by atoms with E-state index in [0.29, 0.717) is 24.3 Å². The van der Waals surface area contributed by atoms with Gasteiger partial charge in [-0.05, 0) is 34.9 Å². The van der Waals surface area contributed by atoms with Crippen molar-refractivity contribution in [2.45, 2.75) is 38.8 Å². The van der Waals surface area contributed by atoms with Crippen LogP contribution < -0.4 is 10.1 Å². The number of non-ortho nitro benzene ring substituents is 1. The molecule has 1 unspecified atom stereocenters. The van der Waals surface area contributed by atoms with E-state index in [2.05, 4.69) is 5.32 Å². The highest BCUT2D eigenvalue weighted by Gasteiger charge is 2.28. The fourth-order valence-corrected chi connectivity index (χ4v) is 2.74. The third-order valence-corrected chi connectivity index (χ3v) is 3.83. The van der Waals surface area contributed by atoms with Crippen molar-refractivity contribution in [3.05, 3.63) is 33.4 Å². The lowest BCUT2D eigenvalue weighted by Crippen LogP contribution is -2.38. The number of hydrogen-bond donors (Lipinski definition) is 1. The monoisotopic (exact) mass is 351 g/mol. The molecular weight excluding hydrogens is 326 g/mol. The Hall–Kier alpha value is -2.35. The number of carbonyl (C=O) groups is 1. The third kappa shape index (κ3) is 4.82. The van der Waals surface area contributed by atoms with E-state index in [-0.39, 0.29) is 18.3 Å². The van der Waals surface area contributed by atoms with E-state index in [1.165, 1.54) is 6.07 Å². The van der Waals surface area contributed by atoms with Gasteiger partial charge in [0.25, 0.3) is 5.69 Å². The Morgan fingerprint density at radius 3 is 2.68 bits per heavy atom. The van der Waals surface area contributed by atoms with Crippen molar-refractivity contribution in [1.82, 2.24) is 10.2 Å². The normalized spacial score (nSPS) is 14.6. The van der Waals surface area contributed by atoms with Crippen molar-refractivity contribution < 1.29 is 19.2 Å². The molecular formula is C17H25N3O5. The summed E-state index contributed by atoms with van der Waals surface area (Å²) in [6.07, 6.45) is 0.117. The molecule has 1 aromatic carbocycles. The van der Waals surface area contributed by atoms with Gasteiger partial charge in [-0.25, -0.2) is 4.79 Å². The van der Waals surface area contributed by atoms with Gasteiger partial charge in [-0.2, -0.15) is 0 Å². The average Bonchev–Trinajstić information content (AvgIpc) is 2.93. The highest BCUT2D eigenvalue weighted by molar-refractivity contribution is 5.67. The highest BCUT2D eigenvalue weighted by atomic mass is 16.6. The summed E-state index contributed by atoms with van der Waals surface area (Å²) in [5.74, 6) is 0.676. The molecule has 0 fully saturated rings. The maximum Gasteiger partial charge on any atom is 0.407 e. The van der Waals surface area contributed by atoms with Crippen LogP contribution in [0.15, 0.2) is 12.1 Å². The third-order valence-electron chi connectivity index (χ3n) is 3.83. The summed E-state index contributed by atoms with van der Waals surface area (Å²) in [6.45, 7) is 6.12. The minimum absolute atomic E-state index is 0.0309. The molecule has 1 amide bonds. The summed E-state index contributed by atoms with van der Waals surface area (Å²) in [5.41, 5.74) is 0.965. The van der Waals surface area contributed by atoms with Crippen molar-refractivity contribution in [1.29, 1.82) is 0 Å². The number of amides is 1. The molecule has 0 saturated heterocycles. The number of alkyl carbamates (subject to hydrolysis) is 1. The Morgan fingerprint density at radius 1 is 1.44 bits per heavy atom. The Bertz CT molecular complexity index is 667. The molecule has 1 aliphatic rings. The zero-order valence-corrected chi connectivity index (χ0v) is 15.3. The molecule has 8 nitrogen and oxygen atoms in total. The summed E-state index contributed by atoms with van der Waals surface area (Å²) >= 11 is 0. The molecule has 138 valence electrons. The molecule has 1 heterocycles. The van der Waals surface area contributed by atoms with Crippen molar-refractivity contribution in [2.24, 2.45) is 0 Å². The maximum atomic E-state index is 11.9. The molecule has 2 rings (SSSR count). The average molecular weight is 351 g/mol. The van der Waals surface area contributed by atoms with Crippen LogP contribution in [-0.2, 0) is 11.2 Å². The van der Waals surface area contributed by atoms with E-state index in [1.54, 1.807) is 26.8 Å². The van der Waals surface area contributed by atoms with Crippen LogP contribution in [0.5, 0.6) is 5.75 Å². The Labute approximate surface area is 147 Å². The highest BCUT2D eigenvalue weighted by Crippen LogP contribution is 2.38. The van der Waals surface area contributed by atoms with Crippen molar-refractivity contribution in [3.63, 3.8) is 0 Å². The maximum absolute atomic E-state index is 11.9. The zero-order chi connectivity index (χ0) is 18.8. The largest absolute Gasteiger partial charge is 0.493 e. The molecule has 8 heteroatoms. The fraction of sp³-hybridized carbons (Fsp3) is 0.588. The summed E-state index contributed by atoms with van der Waals surface area (Å²) in [4.78, 5) is 24.6. The van der Waals surface area contributed by atoms with Gasteiger partial charge in [-0.15, -0.1) is 0 Å². The second-order valence-corrected chi connectivity index (χ2v) is 7.24. The van der Waals surface area contributed by atoms with Gasteiger partial charge in [-0.1, -0.05) is 0 Å². The van der Waals surface area contributed by atoms with Gasteiger partial charge in [0.1, 0.15) is 11.4 Å². The van der Waals surface area contributed by atoms with Crippen LogP contribution in [0.2, 0.25) is 0 Å². The van der Waals surface area contributed by atoms with Crippen molar-refractivity contribution in [3.8, 4) is 5.75 Å². The number of hydrogen-bond acceptors (Lipinski definition) is 6. The molecule has 1 aliphatic heterocycles. The Kier molecular flexibility index (Phi) is 5.52. The van der Waals surface area contributed by atoms with Gasteiger partial charge in [0.05, 0.1) is 17.6 Å². The molecule has 0 aromatic heterocycles. The molecule has 25 heavy (non-hydrogen) atoms. The number of nitrogens with one attached hydrogen (secondary N) is 1. The smallest absolute Gasteiger partial charge is 0.407 e. The van der Waals surface area contributed by atoms with Gasteiger partial charge >= 0.3 is 6.09 Å². The van der Waals surface area contributed by atoms with Crippen LogP contribution in [-0.4, -0.2) is 48.8 Å². The van der Waals surface area contributed by atoms with E-state index in [4.69, 9.17) is 9.47 Å². The van der Waals surface area contributed by atoms with Gasteiger partial charge in [0.2, 0.25) is 0 Å². The Balaban J connectivity index is 2.26. The molecule has 0 radical (unpaired) electrons. The summed E-state index contributed by atoms with van der Waals surface area (Å²) < 4.78 is 10.9. The van der Waals surface area contributed by atoms with Crippen LogP contribution in [0.25, 0.3) is 0 Å². The number of nitro benzene ring substituents is 1. The number of rotatable bonds is 5. The summed E-state index contributed by atoms with van der Waals surface area (Å²) in [6, 6.07) is 2.80. The van der Waals surface area contributed by atoms with Gasteiger partial charge < -0.3 is 19.7 Å². The molecule has 0 spiro atoms. The number of likely N-dealkylation sites (N-methyl/N-ethyl adjacent to an activating group) is 1. The number of carbonyl (C=O) groups excluding carboxylic acids is 1. The molecule has 0 aliphatic carbocycles. The molecule has 0 saturated carbocycles. The topological polar surface area (TPSA) is 93.9 Å². The van der Waals surface area contributed by atoms with Crippen molar-refractivity contribution >= 4 is 11.8 Å². The molecule has 1 N–H and O–H groups in total. The van der Waals surface area contributed by atoms with Crippen LogP contribution in [0.4, 0.5) is 10.5 Å². The lowest BCUT2D eigenvalue weighted by Gasteiger charge is -2.27. The van der Waals surface area contributed by atoms with E-state index in [1.807, 2.05) is 19.0 Å². The molecule has 0 bridgehead atoms. The number of ether oxygens (including phenoxy) is 2. The first-order valence-corrected chi connectivity index (χ1v) is 8.16. The van der Waals surface area contributed by atoms with E-state index >= 15 is 0 Å². The van der Waals surface area contributed by atoms with Gasteiger partial charge in [0.15, 0.2) is 0 Å². The first kappa shape index (κ1) is 19.0. The predicted molar refractivity (Wildman–Crippen MR) is 93.0 cm³/mol. The minimum atomic E-state index is -0.590. The van der Waals surface area contributed by atoms with E-state index in [9.17, 15) is 14.9 Å². The second kappa shape index (κ2) is 7.26. The standard InChI is InChI=1S/C17H25N3O5/c1-17(2,3)25-16(21)18-10-14(19(4)5)13-9-12(20(22)23)8-11-6-7-24-15(11)13/h8-9,14H,6-7,10H2,1-5H3,(H,18,21). The fourth-order valence-electron chi connectivity index (χ4n) is 2.74. The Morgan fingerprint density at radius 2 is 2.12 bits per heavy atom. The van der Waals surface area contributed by atoms with E-state index < -0.39 is 16.6 Å². The lowest BCUT2D eigenvalue weighted by molar-refractivity contribution is -0.385. The quantitative estimate of drug-likeness (QED) is 0.647. The van der Waals surface area contributed by atoms with Crippen LogP contribution in [0.1, 0.15) is 37.9 Å². The first-order chi connectivity index (χ1) is 11.6. The lowest BCUT2D eigenvalue weighted by atomic mass is 9.99. The number of nitrogens with zero attached hydrogens (tertiary/aromatic N) is 2. The number of benzene rings is 1. The second-order valence-electron chi connectivity index (χ2n) is 7.24. The van der Waals surface area contributed by atoms with Gasteiger partial charge in [0, 0.05) is 36.2 Å². The molecule has 1 aromatic rings. The first-order valence-electron chi connectivity index (χ1n) is 8.16. The SMILES string of the molecule is CN(C)C(CNC(=O)OC(C)(C)C)c1cc([N+](=O)[O-])cc2c1OCC2. The summed E-state index contributed by atoms with van der Waals surface area (Å²) in [5, 5.41) is 14.0. The van der Waals surface area contributed by atoms with Gasteiger partial charge in [-0.3, -0.25) is 10.1 Å². The van der Waals surface area contributed by atoms with Crippen molar-refractivity contribution in [2.75, 3.05) is 27.2 Å². The molecule has 1 atom stereocenters. The zero-order valence-electron chi connectivity index (χ0n) is 15.3. The van der Waals surface area contributed by atoms with Crippen LogP contribution in [0, 0.1) is 10.1 Å². The van der Waals surface area contributed by atoms with Crippen LogP contribution >= 0.6 is 0 Å². The number of fused-ring (bicyclic) bond motifs is 1. The minimum Gasteiger partial charge on any atom is -0.493 e. The number of nitro groups is 1. The van der Waals surface area contributed by atoms with E-state index in [0.717, 1.165) is 5.56 Å². The predicted octanol–water partition coefficient (Wildman–Crippen LogP) is 2.66.